The fourth-order valence-electron chi connectivity index (χ4n) is 2.82. The molecule has 0 fully saturated rings. The van der Waals surface area contributed by atoms with Crippen LogP contribution in [0.15, 0.2) is 71.6 Å². The zero-order chi connectivity index (χ0) is 22.6. The van der Waals surface area contributed by atoms with Crippen molar-refractivity contribution in [3.8, 4) is 5.75 Å². The zero-order valence-electron chi connectivity index (χ0n) is 16.2. The van der Waals surface area contributed by atoms with Crippen LogP contribution in [0.2, 0.25) is 15.1 Å². The zero-order valence-corrected chi connectivity index (χ0v) is 19.3. The van der Waals surface area contributed by atoms with E-state index in [0.717, 1.165) is 4.31 Å². The van der Waals surface area contributed by atoms with Crippen LogP contribution in [0.3, 0.4) is 0 Å². The number of benzene rings is 3. The first-order valence-electron chi connectivity index (χ1n) is 8.88. The number of anilines is 2. The lowest BCUT2D eigenvalue weighted by Gasteiger charge is -2.24. The van der Waals surface area contributed by atoms with Crippen LogP contribution in [0.5, 0.6) is 5.75 Å². The van der Waals surface area contributed by atoms with Crippen LogP contribution < -0.4 is 14.4 Å². The molecule has 0 aliphatic heterocycles. The number of hydrogen-bond donors (Lipinski definition) is 1. The fourth-order valence-corrected chi connectivity index (χ4v) is 4.93. The van der Waals surface area contributed by atoms with Crippen molar-refractivity contribution in [2.24, 2.45) is 0 Å². The van der Waals surface area contributed by atoms with Crippen LogP contribution in [0.25, 0.3) is 0 Å². The van der Waals surface area contributed by atoms with E-state index < -0.39 is 22.5 Å². The Bertz CT molecular complexity index is 1180. The lowest BCUT2D eigenvalue weighted by molar-refractivity contribution is -0.114. The molecule has 31 heavy (non-hydrogen) atoms. The lowest BCUT2D eigenvalue weighted by Crippen LogP contribution is -2.38. The van der Waals surface area contributed by atoms with E-state index in [1.54, 1.807) is 30.3 Å². The summed E-state index contributed by atoms with van der Waals surface area (Å²) < 4.78 is 32.8. The summed E-state index contributed by atoms with van der Waals surface area (Å²) in [6.45, 7) is -0.538. The molecule has 3 aromatic rings. The van der Waals surface area contributed by atoms with Gasteiger partial charge in [0.15, 0.2) is 0 Å². The number of nitrogens with zero attached hydrogens (tertiary/aromatic N) is 1. The summed E-state index contributed by atoms with van der Waals surface area (Å²) in [6, 6.07) is 16.8. The van der Waals surface area contributed by atoms with E-state index in [1.165, 1.54) is 43.5 Å². The fraction of sp³-hybridized carbons (Fsp3) is 0.0952. The van der Waals surface area contributed by atoms with Gasteiger partial charge in [-0.2, -0.15) is 0 Å². The van der Waals surface area contributed by atoms with Crippen molar-refractivity contribution >= 4 is 62.1 Å². The minimum atomic E-state index is -4.10. The van der Waals surface area contributed by atoms with Gasteiger partial charge >= 0.3 is 0 Å². The molecule has 0 spiro atoms. The predicted molar refractivity (Wildman–Crippen MR) is 124 cm³/mol. The summed E-state index contributed by atoms with van der Waals surface area (Å²) >= 11 is 18.2. The van der Waals surface area contributed by atoms with Gasteiger partial charge in [-0.3, -0.25) is 9.10 Å². The SMILES string of the molecule is COc1ccc(Cl)cc1NC(=O)CN(c1cc(Cl)cc(Cl)c1)S(=O)(=O)c1ccccc1. The molecule has 0 heterocycles. The highest BCUT2D eigenvalue weighted by molar-refractivity contribution is 7.92. The second-order valence-electron chi connectivity index (χ2n) is 6.35. The van der Waals surface area contributed by atoms with Gasteiger partial charge in [-0.15, -0.1) is 0 Å². The van der Waals surface area contributed by atoms with E-state index in [-0.39, 0.29) is 20.6 Å². The monoisotopic (exact) mass is 498 g/mol. The van der Waals surface area contributed by atoms with E-state index in [1.807, 2.05) is 0 Å². The smallest absolute Gasteiger partial charge is 0.264 e. The van der Waals surface area contributed by atoms with Crippen LogP contribution in [-0.4, -0.2) is 28.0 Å². The van der Waals surface area contributed by atoms with Crippen LogP contribution in [-0.2, 0) is 14.8 Å². The maximum absolute atomic E-state index is 13.3. The van der Waals surface area contributed by atoms with Gasteiger partial charge in [-0.05, 0) is 48.5 Å². The number of ether oxygens (including phenoxy) is 1. The van der Waals surface area contributed by atoms with Gasteiger partial charge in [0.25, 0.3) is 10.0 Å². The van der Waals surface area contributed by atoms with E-state index in [4.69, 9.17) is 39.5 Å². The molecule has 0 unspecified atom stereocenters. The lowest BCUT2D eigenvalue weighted by atomic mass is 10.3. The first-order chi connectivity index (χ1) is 14.7. The number of sulfonamides is 1. The summed E-state index contributed by atoms with van der Waals surface area (Å²) in [5.41, 5.74) is 0.454. The number of amides is 1. The minimum Gasteiger partial charge on any atom is -0.495 e. The molecule has 3 aromatic carbocycles. The Hall–Kier alpha value is -2.45. The van der Waals surface area contributed by atoms with Crippen LogP contribution >= 0.6 is 34.8 Å². The van der Waals surface area contributed by atoms with Gasteiger partial charge in [0, 0.05) is 15.1 Å². The Morgan fingerprint density at radius 3 is 2.19 bits per heavy atom. The molecule has 3 rings (SSSR count). The average molecular weight is 500 g/mol. The van der Waals surface area contributed by atoms with Crippen LogP contribution in [0.1, 0.15) is 0 Å². The van der Waals surface area contributed by atoms with Crippen LogP contribution in [0, 0.1) is 0 Å². The first kappa shape index (κ1) is 23.2. The molecular weight excluding hydrogens is 483 g/mol. The Morgan fingerprint density at radius 2 is 1.58 bits per heavy atom. The number of carbonyl (C=O) groups excluding carboxylic acids is 1. The van der Waals surface area contributed by atoms with Crippen molar-refractivity contribution in [1.29, 1.82) is 0 Å². The molecule has 162 valence electrons. The Balaban J connectivity index is 1.99. The number of nitrogens with one attached hydrogen (secondary N) is 1. The van der Waals surface area contributed by atoms with Crippen molar-refractivity contribution in [1.82, 2.24) is 0 Å². The summed E-state index contributed by atoms with van der Waals surface area (Å²) in [5.74, 6) is -0.239. The van der Waals surface area contributed by atoms with Crippen molar-refractivity contribution in [3.05, 3.63) is 81.8 Å². The number of carbonyl (C=O) groups is 1. The topological polar surface area (TPSA) is 75.7 Å². The number of methoxy groups -OCH3 is 1. The third-order valence-electron chi connectivity index (χ3n) is 4.19. The molecule has 0 radical (unpaired) electrons. The second kappa shape index (κ2) is 9.78. The third kappa shape index (κ3) is 5.62. The molecule has 0 aliphatic rings. The quantitative estimate of drug-likeness (QED) is 0.466. The van der Waals surface area contributed by atoms with Gasteiger partial charge in [-0.1, -0.05) is 53.0 Å². The first-order valence-corrected chi connectivity index (χ1v) is 11.5. The molecule has 1 amide bonds. The Kier molecular flexibility index (Phi) is 7.33. The normalized spacial score (nSPS) is 11.1. The van der Waals surface area contributed by atoms with Crippen molar-refractivity contribution < 1.29 is 17.9 Å². The Labute approximate surface area is 195 Å². The highest BCUT2D eigenvalue weighted by Crippen LogP contribution is 2.31. The molecule has 0 saturated heterocycles. The van der Waals surface area contributed by atoms with Crippen LogP contribution in [0.4, 0.5) is 11.4 Å². The number of hydrogen-bond acceptors (Lipinski definition) is 4. The van der Waals surface area contributed by atoms with Gasteiger partial charge in [0.2, 0.25) is 5.91 Å². The molecule has 1 N–H and O–H groups in total. The summed E-state index contributed by atoms with van der Waals surface area (Å²) in [4.78, 5) is 12.9. The molecule has 0 bridgehead atoms. The molecule has 0 aliphatic carbocycles. The minimum absolute atomic E-state index is 0.0132. The van der Waals surface area contributed by atoms with Gasteiger partial charge < -0.3 is 10.1 Å². The predicted octanol–water partition coefficient (Wildman–Crippen LogP) is 5.49. The number of halogens is 3. The van der Waals surface area contributed by atoms with Crippen molar-refractivity contribution in [2.45, 2.75) is 4.90 Å². The van der Waals surface area contributed by atoms with Crippen molar-refractivity contribution in [2.75, 3.05) is 23.3 Å². The molecule has 0 saturated carbocycles. The number of rotatable bonds is 7. The van der Waals surface area contributed by atoms with Gasteiger partial charge in [-0.25, -0.2) is 8.42 Å². The third-order valence-corrected chi connectivity index (χ3v) is 6.65. The van der Waals surface area contributed by atoms with Gasteiger partial charge in [0.1, 0.15) is 12.3 Å². The van der Waals surface area contributed by atoms with E-state index >= 15 is 0 Å². The molecule has 0 atom stereocenters. The molecule has 10 heteroatoms. The maximum Gasteiger partial charge on any atom is 0.264 e. The highest BCUT2D eigenvalue weighted by Gasteiger charge is 2.28. The second-order valence-corrected chi connectivity index (χ2v) is 9.52. The molecular formula is C21H17Cl3N2O4S. The van der Waals surface area contributed by atoms with E-state index in [9.17, 15) is 13.2 Å². The standard InChI is InChI=1S/C21H17Cl3N2O4S/c1-30-20-8-7-14(22)12-19(20)25-21(27)13-26(17-10-15(23)9-16(24)11-17)31(28,29)18-5-3-2-4-6-18/h2-12H,13H2,1H3,(H,25,27). The average Bonchev–Trinajstić information content (AvgIpc) is 2.72. The summed E-state index contributed by atoms with van der Waals surface area (Å²) in [7, 11) is -2.66. The highest BCUT2D eigenvalue weighted by atomic mass is 35.5. The maximum atomic E-state index is 13.3. The van der Waals surface area contributed by atoms with Gasteiger partial charge in [0.05, 0.1) is 23.4 Å². The molecule has 0 aromatic heterocycles. The summed E-state index contributed by atoms with van der Waals surface area (Å²) in [5, 5.41) is 3.47. The van der Waals surface area contributed by atoms with Crippen molar-refractivity contribution in [3.63, 3.8) is 0 Å². The largest absolute Gasteiger partial charge is 0.495 e. The van der Waals surface area contributed by atoms with E-state index in [0.29, 0.717) is 16.5 Å². The molecule has 6 nitrogen and oxygen atoms in total. The van der Waals surface area contributed by atoms with E-state index in [2.05, 4.69) is 5.32 Å². The summed E-state index contributed by atoms with van der Waals surface area (Å²) in [6.07, 6.45) is 0. The Morgan fingerprint density at radius 1 is 0.935 bits per heavy atom.